The number of carbonyl (C=O) groups is 1. The largest absolute Gasteiger partial charge is 0.469 e. The molecule has 16 heteroatoms. The fourth-order valence-corrected chi connectivity index (χ4v) is 3.91. The Hall–Kier alpha value is -3.33. The number of nitrogens with zero attached hydrogens (tertiary/aromatic N) is 3. The first kappa shape index (κ1) is 23.8. The van der Waals surface area contributed by atoms with Gasteiger partial charge in [-0.1, -0.05) is 12.1 Å². The van der Waals surface area contributed by atoms with Crippen LogP contribution in [0.4, 0.5) is 11.6 Å². The average molecular weight is 496 g/mol. The zero-order valence-electron chi connectivity index (χ0n) is 17.6. The minimum atomic E-state index is -4.88. The Morgan fingerprint density at radius 1 is 1.38 bits per heavy atom. The summed E-state index contributed by atoms with van der Waals surface area (Å²) in [5.74, 6) is -1.02. The number of phosphoric ester groups is 1. The molecule has 7 N–H and O–H groups in total. The van der Waals surface area contributed by atoms with E-state index >= 15 is 0 Å². The molecule has 0 bridgehead atoms. The molecule has 1 aliphatic rings. The lowest BCUT2D eigenvalue weighted by atomic mass is 10.1. The molecule has 4 atom stereocenters. The van der Waals surface area contributed by atoms with Gasteiger partial charge in [-0.3, -0.25) is 18.9 Å². The van der Waals surface area contributed by atoms with Gasteiger partial charge in [0.2, 0.25) is 5.95 Å². The highest BCUT2D eigenvalue weighted by molar-refractivity contribution is 7.46. The SMILES string of the molecule is CNc1ccccc1C(=O)O[C@@H]1[C@H](O)[C@@H](COP(=O)(O)O)O[C@H]1n1cnc2c(=O)[nH]c(N)nc21. The number of H-pyrrole nitrogens is 1. The number of benzene rings is 1. The Morgan fingerprint density at radius 3 is 2.82 bits per heavy atom. The fraction of sp³-hybridized carbons (Fsp3) is 0.333. The standard InChI is InChI=1S/C18H21N6O9P/c1-20-9-5-3-2-4-8(9)17(27)33-13-12(25)10(6-31-34(28,29)30)32-16(13)24-7-21-11-14(24)22-18(19)23-15(11)26/h2-5,7,10,12-13,16,20,25H,6H2,1H3,(H2,28,29,30)(H3,19,22,23,26)/t10-,12-,13-,16-/m1/s1. The van der Waals surface area contributed by atoms with Gasteiger partial charge < -0.3 is 35.4 Å². The third-order valence-corrected chi connectivity index (χ3v) is 5.59. The van der Waals surface area contributed by atoms with Crippen LogP contribution in [0.2, 0.25) is 0 Å². The lowest BCUT2D eigenvalue weighted by Gasteiger charge is -2.22. The van der Waals surface area contributed by atoms with Crippen LogP contribution in [0.1, 0.15) is 16.6 Å². The topological polar surface area (TPSA) is 224 Å². The smallest absolute Gasteiger partial charge is 0.451 e. The molecule has 0 unspecified atom stereocenters. The first-order valence-corrected chi connectivity index (χ1v) is 11.4. The molecule has 34 heavy (non-hydrogen) atoms. The second-order valence-electron chi connectivity index (χ2n) is 7.28. The molecule has 1 aliphatic heterocycles. The van der Waals surface area contributed by atoms with Gasteiger partial charge in [-0.05, 0) is 12.1 Å². The van der Waals surface area contributed by atoms with E-state index in [4.69, 9.17) is 25.0 Å². The number of imidazole rings is 1. The number of ether oxygens (including phenoxy) is 2. The lowest BCUT2D eigenvalue weighted by Crippen LogP contribution is -2.37. The summed E-state index contributed by atoms with van der Waals surface area (Å²) in [5, 5.41) is 13.7. The van der Waals surface area contributed by atoms with E-state index < -0.39 is 50.5 Å². The van der Waals surface area contributed by atoms with Gasteiger partial charge in [0.05, 0.1) is 18.5 Å². The first-order chi connectivity index (χ1) is 16.1. The molecule has 0 spiro atoms. The van der Waals surface area contributed by atoms with Crippen LogP contribution in [0, 0.1) is 0 Å². The number of aromatic nitrogens is 4. The molecule has 3 heterocycles. The summed E-state index contributed by atoms with van der Waals surface area (Å²) in [6.45, 7) is -0.716. The number of nitrogen functional groups attached to an aromatic ring is 1. The summed E-state index contributed by atoms with van der Waals surface area (Å²) >= 11 is 0. The van der Waals surface area contributed by atoms with Gasteiger partial charge in [-0.25, -0.2) is 14.3 Å². The summed E-state index contributed by atoms with van der Waals surface area (Å²) in [6.07, 6.45) is -4.39. The Balaban J connectivity index is 1.71. The van der Waals surface area contributed by atoms with Crippen LogP contribution in [-0.2, 0) is 18.6 Å². The fourth-order valence-electron chi connectivity index (χ4n) is 3.57. The van der Waals surface area contributed by atoms with E-state index in [-0.39, 0.29) is 22.7 Å². The average Bonchev–Trinajstić information content (AvgIpc) is 3.33. The number of fused-ring (bicyclic) bond motifs is 1. The van der Waals surface area contributed by atoms with E-state index in [9.17, 15) is 19.3 Å². The maximum absolute atomic E-state index is 12.9. The summed E-state index contributed by atoms with van der Waals surface area (Å²) in [4.78, 5) is 53.4. The molecule has 1 saturated heterocycles. The molecule has 182 valence electrons. The molecule has 0 amide bonds. The second-order valence-corrected chi connectivity index (χ2v) is 8.52. The lowest BCUT2D eigenvalue weighted by molar-refractivity contribution is -0.0558. The van der Waals surface area contributed by atoms with E-state index in [0.717, 1.165) is 0 Å². The van der Waals surface area contributed by atoms with Crippen LogP contribution >= 0.6 is 7.82 Å². The molecule has 0 saturated carbocycles. The maximum atomic E-state index is 12.9. The van der Waals surface area contributed by atoms with Crippen molar-refractivity contribution < 1.29 is 38.3 Å². The molecule has 0 radical (unpaired) electrons. The Labute approximate surface area is 190 Å². The van der Waals surface area contributed by atoms with Crippen LogP contribution in [0.3, 0.4) is 0 Å². The quantitative estimate of drug-likeness (QED) is 0.177. The van der Waals surface area contributed by atoms with Gasteiger partial charge in [-0.2, -0.15) is 4.98 Å². The molecular weight excluding hydrogens is 475 g/mol. The first-order valence-electron chi connectivity index (χ1n) is 9.82. The Bertz CT molecular complexity index is 1320. The molecule has 4 rings (SSSR count). The highest BCUT2D eigenvalue weighted by Crippen LogP contribution is 2.39. The number of nitrogens with two attached hydrogens (primary N) is 1. The maximum Gasteiger partial charge on any atom is 0.469 e. The number of hydrogen-bond donors (Lipinski definition) is 6. The summed E-state index contributed by atoms with van der Waals surface area (Å²) in [5.41, 5.74) is 5.52. The molecule has 3 aromatic rings. The number of carbonyl (C=O) groups excluding carboxylic acids is 1. The number of aliphatic hydroxyl groups excluding tert-OH is 1. The number of anilines is 2. The number of aromatic amines is 1. The third-order valence-electron chi connectivity index (χ3n) is 5.10. The van der Waals surface area contributed by atoms with Crippen molar-refractivity contribution in [1.82, 2.24) is 19.5 Å². The second kappa shape index (κ2) is 9.13. The highest BCUT2D eigenvalue weighted by atomic mass is 31.2. The van der Waals surface area contributed by atoms with Crippen LogP contribution in [0.5, 0.6) is 0 Å². The molecule has 0 aliphatic carbocycles. The molecule has 1 fully saturated rings. The van der Waals surface area contributed by atoms with E-state index in [2.05, 4.69) is 24.8 Å². The third kappa shape index (κ3) is 4.65. The number of rotatable bonds is 7. The molecular formula is C18H21N6O9P. The predicted molar refractivity (Wildman–Crippen MR) is 116 cm³/mol. The number of phosphoric acid groups is 1. The van der Waals surface area contributed by atoms with Crippen LogP contribution < -0.4 is 16.6 Å². The van der Waals surface area contributed by atoms with Crippen molar-refractivity contribution in [1.29, 1.82) is 0 Å². The van der Waals surface area contributed by atoms with Crippen LogP contribution in [-0.4, -0.2) is 72.3 Å². The van der Waals surface area contributed by atoms with Gasteiger partial charge in [0.1, 0.15) is 12.2 Å². The summed E-state index contributed by atoms with van der Waals surface area (Å²) < 4.78 is 28.1. The number of para-hydroxylation sites is 1. The minimum absolute atomic E-state index is 0.0216. The van der Waals surface area contributed by atoms with E-state index in [1.807, 2.05) is 0 Å². The van der Waals surface area contributed by atoms with Crippen molar-refractivity contribution in [3.8, 4) is 0 Å². The predicted octanol–water partition coefficient (Wildman–Crippen LogP) is -0.663. The van der Waals surface area contributed by atoms with Crippen molar-refractivity contribution in [2.75, 3.05) is 24.7 Å². The number of hydrogen-bond acceptors (Lipinski definition) is 11. The minimum Gasteiger partial charge on any atom is -0.451 e. The molecule has 1 aromatic carbocycles. The Morgan fingerprint density at radius 2 is 2.12 bits per heavy atom. The highest BCUT2D eigenvalue weighted by Gasteiger charge is 2.48. The summed E-state index contributed by atoms with van der Waals surface area (Å²) in [7, 11) is -3.27. The zero-order chi connectivity index (χ0) is 24.6. The van der Waals surface area contributed by atoms with Crippen LogP contribution in [0.15, 0.2) is 35.4 Å². The number of esters is 1. The van der Waals surface area contributed by atoms with E-state index in [1.165, 1.54) is 17.0 Å². The van der Waals surface area contributed by atoms with E-state index in [0.29, 0.717) is 5.69 Å². The van der Waals surface area contributed by atoms with Crippen molar-refractivity contribution in [2.45, 2.75) is 24.5 Å². The van der Waals surface area contributed by atoms with Crippen molar-refractivity contribution in [3.05, 3.63) is 46.5 Å². The van der Waals surface area contributed by atoms with E-state index in [1.54, 1.807) is 25.2 Å². The van der Waals surface area contributed by atoms with Crippen molar-refractivity contribution in [3.63, 3.8) is 0 Å². The number of nitrogens with one attached hydrogen (secondary N) is 2. The van der Waals surface area contributed by atoms with Gasteiger partial charge in [0.15, 0.2) is 23.5 Å². The number of aliphatic hydroxyl groups is 1. The van der Waals surface area contributed by atoms with Gasteiger partial charge in [0, 0.05) is 12.7 Å². The van der Waals surface area contributed by atoms with Crippen molar-refractivity contribution in [2.24, 2.45) is 0 Å². The van der Waals surface area contributed by atoms with Gasteiger partial charge >= 0.3 is 13.8 Å². The molecule has 15 nitrogen and oxygen atoms in total. The van der Waals surface area contributed by atoms with Crippen molar-refractivity contribution >= 4 is 36.6 Å². The van der Waals surface area contributed by atoms with Gasteiger partial charge in [-0.15, -0.1) is 0 Å². The van der Waals surface area contributed by atoms with Crippen LogP contribution in [0.25, 0.3) is 11.2 Å². The molecule has 2 aromatic heterocycles. The van der Waals surface area contributed by atoms with Gasteiger partial charge in [0.25, 0.3) is 5.56 Å². The normalized spacial score (nSPS) is 22.7. The zero-order valence-corrected chi connectivity index (χ0v) is 18.5. The monoisotopic (exact) mass is 496 g/mol. The Kier molecular flexibility index (Phi) is 6.40. The summed E-state index contributed by atoms with van der Waals surface area (Å²) in [6, 6.07) is 6.48.